The fourth-order valence-electron chi connectivity index (χ4n) is 1.99. The first-order chi connectivity index (χ1) is 12.3. The maximum Gasteiger partial charge on any atom is 0.434 e. The molecule has 0 atom stereocenters. The van der Waals surface area contributed by atoms with E-state index in [1.54, 1.807) is 20.8 Å². The van der Waals surface area contributed by atoms with Gasteiger partial charge in [-0.15, -0.1) is 0 Å². The van der Waals surface area contributed by atoms with Gasteiger partial charge in [0.15, 0.2) is 17.3 Å². The second-order valence-corrected chi connectivity index (χ2v) is 6.66. The van der Waals surface area contributed by atoms with Crippen molar-refractivity contribution in [3.05, 3.63) is 34.6 Å². The first-order valence-corrected chi connectivity index (χ1v) is 7.73. The summed E-state index contributed by atoms with van der Waals surface area (Å²) in [5.74, 6) is -2.47. The number of pyridine rings is 1. The Balaban J connectivity index is 2.47. The molecule has 8 nitrogen and oxygen atoms in total. The topological polar surface area (TPSA) is 106 Å². The number of nitrogens with one attached hydrogen (secondary N) is 1. The van der Waals surface area contributed by atoms with Gasteiger partial charge in [-0.3, -0.25) is 5.32 Å². The third kappa shape index (κ3) is 4.88. The fourth-order valence-corrected chi connectivity index (χ4v) is 2.14. The van der Waals surface area contributed by atoms with Gasteiger partial charge in [-0.1, -0.05) is 11.6 Å². The summed E-state index contributed by atoms with van der Waals surface area (Å²) in [5.41, 5.74) is -3.38. The largest absolute Gasteiger partial charge is 0.478 e. The van der Waals surface area contributed by atoms with Gasteiger partial charge in [-0.05, 0) is 32.9 Å². The van der Waals surface area contributed by atoms with Gasteiger partial charge in [0.05, 0.1) is 11.2 Å². The van der Waals surface area contributed by atoms with E-state index in [0.717, 1.165) is 6.07 Å². The summed E-state index contributed by atoms with van der Waals surface area (Å²) < 4.78 is 45.2. The summed E-state index contributed by atoms with van der Waals surface area (Å²) in [7, 11) is 0. The number of carbonyl (C=O) groups excluding carboxylic acids is 1. The average molecular weight is 407 g/mol. The molecule has 0 unspecified atom stereocenters. The van der Waals surface area contributed by atoms with Gasteiger partial charge in [0.1, 0.15) is 11.2 Å². The first-order valence-electron chi connectivity index (χ1n) is 7.35. The Hall–Kier alpha value is -2.82. The minimum Gasteiger partial charge on any atom is -0.478 e. The highest BCUT2D eigenvalue weighted by atomic mass is 35.5. The lowest BCUT2D eigenvalue weighted by atomic mass is 10.2. The van der Waals surface area contributed by atoms with E-state index in [-0.39, 0.29) is 10.8 Å². The number of hydrogen-bond acceptors (Lipinski definition) is 5. The molecular weight excluding hydrogens is 393 g/mol. The minimum absolute atomic E-state index is 0.0659. The molecule has 2 heterocycles. The van der Waals surface area contributed by atoms with Gasteiger partial charge in [0.25, 0.3) is 0 Å². The highest BCUT2D eigenvalue weighted by Gasteiger charge is 2.41. The van der Waals surface area contributed by atoms with Gasteiger partial charge in [0, 0.05) is 0 Å². The fraction of sp³-hybridized carbons (Fsp3) is 0.333. The molecule has 0 bridgehead atoms. The van der Waals surface area contributed by atoms with Crippen molar-refractivity contribution < 1.29 is 32.6 Å². The number of ether oxygens (including phenoxy) is 1. The highest BCUT2D eigenvalue weighted by Crippen LogP contribution is 2.34. The van der Waals surface area contributed by atoms with Crippen molar-refractivity contribution in [3.8, 4) is 5.82 Å². The molecule has 0 spiro atoms. The molecule has 0 saturated carbocycles. The molecule has 2 aromatic heterocycles. The van der Waals surface area contributed by atoms with Crippen molar-refractivity contribution in [1.29, 1.82) is 0 Å². The van der Waals surface area contributed by atoms with Crippen LogP contribution in [0.1, 0.15) is 36.8 Å². The number of nitrogens with zero attached hydrogens (tertiary/aromatic N) is 3. The summed E-state index contributed by atoms with van der Waals surface area (Å²) in [6.07, 6.45) is -5.37. The van der Waals surface area contributed by atoms with E-state index in [1.807, 2.05) is 0 Å². The lowest BCUT2D eigenvalue weighted by Gasteiger charge is -2.20. The molecule has 2 aromatic rings. The maximum atomic E-state index is 13.3. The lowest BCUT2D eigenvalue weighted by Crippen LogP contribution is -2.27. The van der Waals surface area contributed by atoms with Crippen LogP contribution in [0.15, 0.2) is 18.3 Å². The molecule has 0 saturated heterocycles. The number of carboxylic acid groups (broad SMARTS) is 1. The van der Waals surface area contributed by atoms with Crippen LogP contribution in [0.3, 0.4) is 0 Å². The van der Waals surface area contributed by atoms with E-state index in [9.17, 15) is 22.8 Å². The van der Waals surface area contributed by atoms with Crippen LogP contribution in [-0.2, 0) is 10.9 Å². The predicted molar refractivity (Wildman–Crippen MR) is 88.2 cm³/mol. The minimum atomic E-state index is -5.01. The third-order valence-corrected chi connectivity index (χ3v) is 3.24. The molecule has 27 heavy (non-hydrogen) atoms. The monoisotopic (exact) mass is 406 g/mol. The summed E-state index contributed by atoms with van der Waals surface area (Å²) in [4.78, 5) is 26.7. The SMILES string of the molecule is CC(C)(C)OC(=O)Nc1nc(-n2ncc(C(=O)O)c2C(F)(F)F)ccc1Cl. The van der Waals surface area contributed by atoms with Gasteiger partial charge in [-0.25, -0.2) is 19.3 Å². The van der Waals surface area contributed by atoms with Crippen LogP contribution in [0.5, 0.6) is 0 Å². The summed E-state index contributed by atoms with van der Waals surface area (Å²) >= 11 is 5.91. The molecule has 0 radical (unpaired) electrons. The van der Waals surface area contributed by atoms with Crippen LogP contribution >= 0.6 is 11.6 Å². The Morgan fingerprint density at radius 2 is 1.89 bits per heavy atom. The van der Waals surface area contributed by atoms with Crippen LogP contribution in [0.2, 0.25) is 5.02 Å². The molecule has 146 valence electrons. The van der Waals surface area contributed by atoms with E-state index in [1.165, 1.54) is 6.07 Å². The van der Waals surface area contributed by atoms with Crippen LogP contribution in [0.25, 0.3) is 5.82 Å². The van der Waals surface area contributed by atoms with Gasteiger partial charge in [-0.2, -0.15) is 18.3 Å². The smallest absolute Gasteiger partial charge is 0.434 e. The van der Waals surface area contributed by atoms with E-state index in [4.69, 9.17) is 21.4 Å². The zero-order valence-electron chi connectivity index (χ0n) is 14.3. The molecule has 0 aliphatic rings. The number of rotatable bonds is 3. The Bertz CT molecular complexity index is 890. The Kier molecular flexibility index (Phi) is 5.36. The van der Waals surface area contributed by atoms with Crippen LogP contribution in [0.4, 0.5) is 23.8 Å². The molecule has 0 aliphatic carbocycles. The first kappa shape index (κ1) is 20.5. The number of anilines is 1. The number of carboxylic acids is 1. The van der Waals surface area contributed by atoms with Crippen molar-refractivity contribution in [2.75, 3.05) is 5.32 Å². The number of halogens is 4. The van der Waals surface area contributed by atoms with Gasteiger partial charge >= 0.3 is 18.2 Å². The quantitative estimate of drug-likeness (QED) is 0.798. The maximum absolute atomic E-state index is 13.3. The zero-order chi connectivity index (χ0) is 20.6. The number of aromatic carboxylic acids is 1. The van der Waals surface area contributed by atoms with E-state index in [2.05, 4.69) is 15.4 Å². The Morgan fingerprint density at radius 3 is 2.41 bits per heavy atom. The van der Waals surface area contributed by atoms with Crippen LogP contribution < -0.4 is 5.32 Å². The van der Waals surface area contributed by atoms with Crippen molar-refractivity contribution in [2.24, 2.45) is 0 Å². The summed E-state index contributed by atoms with van der Waals surface area (Å²) in [5, 5.41) is 14.6. The molecule has 1 amide bonds. The molecular formula is C15H14ClF3N4O4. The number of amides is 1. The van der Waals surface area contributed by atoms with E-state index >= 15 is 0 Å². The zero-order valence-corrected chi connectivity index (χ0v) is 15.0. The van der Waals surface area contributed by atoms with E-state index in [0.29, 0.717) is 10.9 Å². The Labute approximate surface area is 155 Å². The highest BCUT2D eigenvalue weighted by molar-refractivity contribution is 6.33. The predicted octanol–water partition coefficient (Wildman–Crippen LogP) is 3.98. The second kappa shape index (κ2) is 7.06. The van der Waals surface area contributed by atoms with Crippen molar-refractivity contribution >= 4 is 29.5 Å². The van der Waals surface area contributed by atoms with Crippen molar-refractivity contribution in [1.82, 2.24) is 14.8 Å². The van der Waals surface area contributed by atoms with Gasteiger partial charge < -0.3 is 9.84 Å². The number of alkyl halides is 3. The molecule has 2 N–H and O–H groups in total. The number of aromatic nitrogens is 3. The molecule has 0 aromatic carbocycles. The normalized spacial score (nSPS) is 12.0. The molecule has 0 fully saturated rings. The third-order valence-electron chi connectivity index (χ3n) is 2.94. The summed E-state index contributed by atoms with van der Waals surface area (Å²) in [6.45, 7) is 4.85. The van der Waals surface area contributed by atoms with E-state index < -0.39 is 40.9 Å². The standard InChI is InChI=1S/C15H14ClF3N4O4/c1-14(2,3)27-13(26)22-11-8(16)4-5-9(21-11)23-10(15(17,18)19)7(6-20-23)12(24)25/h4-6H,1-3H3,(H,24,25)(H,21,22,26). The summed E-state index contributed by atoms with van der Waals surface area (Å²) in [6, 6.07) is 2.27. The second-order valence-electron chi connectivity index (χ2n) is 6.25. The molecule has 2 rings (SSSR count). The lowest BCUT2D eigenvalue weighted by molar-refractivity contribution is -0.143. The van der Waals surface area contributed by atoms with Crippen LogP contribution in [0, 0.1) is 0 Å². The van der Waals surface area contributed by atoms with Crippen LogP contribution in [-0.4, -0.2) is 37.5 Å². The number of carbonyl (C=O) groups is 2. The van der Waals surface area contributed by atoms with Gasteiger partial charge in [0.2, 0.25) is 0 Å². The Morgan fingerprint density at radius 1 is 1.26 bits per heavy atom. The molecule has 0 aliphatic heterocycles. The molecule has 12 heteroatoms. The van der Waals surface area contributed by atoms with Crippen molar-refractivity contribution in [2.45, 2.75) is 32.5 Å². The number of hydrogen-bond donors (Lipinski definition) is 2. The van der Waals surface area contributed by atoms with Crippen molar-refractivity contribution in [3.63, 3.8) is 0 Å². The average Bonchev–Trinajstić information content (AvgIpc) is 2.92.